The van der Waals surface area contributed by atoms with Crippen molar-refractivity contribution < 1.29 is 14.3 Å². The van der Waals surface area contributed by atoms with Crippen molar-refractivity contribution in [3.63, 3.8) is 0 Å². The number of aromatic nitrogens is 3. The number of methoxy groups -OCH3 is 1. The van der Waals surface area contributed by atoms with Gasteiger partial charge >= 0.3 is 0 Å². The average Bonchev–Trinajstić information content (AvgIpc) is 3.14. The number of hydrogen-bond donors (Lipinski definition) is 1. The van der Waals surface area contributed by atoms with E-state index < -0.39 is 0 Å². The number of carbonyl (C=O) groups excluding carboxylic acids is 1. The zero-order valence-electron chi connectivity index (χ0n) is 16.1. The van der Waals surface area contributed by atoms with Gasteiger partial charge in [0.2, 0.25) is 0 Å². The number of rotatable bonds is 4. The molecule has 2 heterocycles. The number of benzene rings is 2. The van der Waals surface area contributed by atoms with Crippen LogP contribution in [0.1, 0.15) is 39.0 Å². The summed E-state index contributed by atoms with van der Waals surface area (Å²) in [7, 11) is 1.64. The van der Waals surface area contributed by atoms with Crippen LogP contribution < -0.4 is 10.1 Å². The molecule has 0 radical (unpaired) electrons. The largest absolute Gasteiger partial charge is 0.497 e. The van der Waals surface area contributed by atoms with Crippen LogP contribution in [0, 0.1) is 13.8 Å². The molecular weight excluding hydrogens is 356 g/mol. The van der Waals surface area contributed by atoms with Gasteiger partial charge in [0.15, 0.2) is 5.69 Å². The summed E-state index contributed by atoms with van der Waals surface area (Å²) in [5.41, 5.74) is 4.87. The maximum atomic E-state index is 12.7. The van der Waals surface area contributed by atoms with E-state index >= 15 is 0 Å². The molecule has 4 rings (SSSR count). The summed E-state index contributed by atoms with van der Waals surface area (Å²) < 4.78 is 12.9. The van der Waals surface area contributed by atoms with Gasteiger partial charge in [0.05, 0.1) is 26.0 Å². The van der Waals surface area contributed by atoms with Crippen LogP contribution in [0.3, 0.4) is 0 Å². The molecule has 3 aromatic rings. The lowest BCUT2D eigenvalue weighted by molar-refractivity contribution is -0.00173. The molecule has 1 aliphatic heterocycles. The average molecular weight is 378 g/mol. The fourth-order valence-corrected chi connectivity index (χ4v) is 3.26. The van der Waals surface area contributed by atoms with Crippen molar-refractivity contribution in [1.29, 1.82) is 0 Å². The van der Waals surface area contributed by atoms with E-state index in [9.17, 15) is 4.79 Å². The van der Waals surface area contributed by atoms with Gasteiger partial charge in [-0.1, -0.05) is 29.5 Å². The summed E-state index contributed by atoms with van der Waals surface area (Å²) in [4.78, 5) is 12.7. The molecule has 0 aliphatic carbocycles. The van der Waals surface area contributed by atoms with Crippen LogP contribution in [0.2, 0.25) is 0 Å². The van der Waals surface area contributed by atoms with Gasteiger partial charge in [0, 0.05) is 5.69 Å². The molecule has 1 N–H and O–H groups in total. The van der Waals surface area contributed by atoms with Crippen LogP contribution in [0.25, 0.3) is 0 Å². The summed E-state index contributed by atoms with van der Waals surface area (Å²) >= 11 is 0. The summed E-state index contributed by atoms with van der Waals surface area (Å²) in [6.07, 6.45) is -0.143. The molecule has 2 aromatic carbocycles. The van der Waals surface area contributed by atoms with Gasteiger partial charge in [-0.2, -0.15) is 0 Å². The molecule has 0 unspecified atom stereocenters. The number of carbonyl (C=O) groups is 1. The number of nitrogens with one attached hydrogen (secondary N) is 1. The van der Waals surface area contributed by atoms with Gasteiger partial charge in [-0.15, -0.1) is 5.10 Å². The summed E-state index contributed by atoms with van der Waals surface area (Å²) in [5, 5.41) is 11.2. The molecule has 7 nitrogen and oxygen atoms in total. The standard InChI is InChI=1S/C21H22N4O3/c1-13-4-5-14(2)17(10-13)22-21(26)20-18-12-28-19(11-25(18)24-23-20)15-6-8-16(27-3)9-7-15/h4-10,19H,11-12H2,1-3H3,(H,22,26)/t19-/m0/s1. The zero-order chi connectivity index (χ0) is 19.7. The molecular formula is C21H22N4O3. The van der Waals surface area contributed by atoms with Crippen molar-refractivity contribution in [2.24, 2.45) is 0 Å². The molecule has 1 aromatic heterocycles. The minimum atomic E-state index is -0.276. The number of nitrogens with zero attached hydrogens (tertiary/aromatic N) is 3. The molecule has 7 heteroatoms. The predicted octanol–water partition coefficient (Wildman–Crippen LogP) is 3.43. The minimum Gasteiger partial charge on any atom is -0.497 e. The first-order chi connectivity index (χ1) is 13.5. The number of anilines is 1. The molecule has 1 aliphatic rings. The van der Waals surface area contributed by atoms with Crippen LogP contribution in [0.5, 0.6) is 5.75 Å². The highest BCUT2D eigenvalue weighted by atomic mass is 16.5. The number of ether oxygens (including phenoxy) is 2. The predicted molar refractivity (Wildman–Crippen MR) is 104 cm³/mol. The molecule has 0 saturated heterocycles. The fraction of sp³-hybridized carbons (Fsp3) is 0.286. The quantitative estimate of drug-likeness (QED) is 0.753. The van der Waals surface area contributed by atoms with Gasteiger partial charge < -0.3 is 14.8 Å². The van der Waals surface area contributed by atoms with E-state index in [4.69, 9.17) is 9.47 Å². The highest BCUT2D eigenvalue weighted by Crippen LogP contribution is 2.28. The Morgan fingerprint density at radius 3 is 2.75 bits per heavy atom. The molecule has 0 fully saturated rings. The molecule has 0 saturated carbocycles. The Labute approximate surface area is 163 Å². The second-order valence-electron chi connectivity index (χ2n) is 6.91. The number of hydrogen-bond acceptors (Lipinski definition) is 5. The SMILES string of the molecule is COc1ccc([C@@H]2Cn3nnc(C(=O)Nc4cc(C)ccc4C)c3CO2)cc1. The van der Waals surface area contributed by atoms with Crippen molar-refractivity contribution >= 4 is 11.6 Å². The molecule has 144 valence electrons. The zero-order valence-corrected chi connectivity index (χ0v) is 16.1. The van der Waals surface area contributed by atoms with E-state index in [0.29, 0.717) is 17.9 Å². The van der Waals surface area contributed by atoms with Crippen LogP contribution in [0.4, 0.5) is 5.69 Å². The van der Waals surface area contributed by atoms with Crippen molar-refractivity contribution in [3.8, 4) is 5.75 Å². The Balaban J connectivity index is 1.51. The monoisotopic (exact) mass is 378 g/mol. The third kappa shape index (κ3) is 3.48. The lowest BCUT2D eigenvalue weighted by Gasteiger charge is -2.24. The van der Waals surface area contributed by atoms with E-state index in [2.05, 4.69) is 15.6 Å². The van der Waals surface area contributed by atoms with E-state index in [1.165, 1.54) is 0 Å². The Morgan fingerprint density at radius 1 is 1.21 bits per heavy atom. The van der Waals surface area contributed by atoms with Crippen molar-refractivity contribution in [3.05, 3.63) is 70.5 Å². The molecule has 1 amide bonds. The van der Waals surface area contributed by atoms with Gasteiger partial charge in [-0.05, 0) is 48.7 Å². The van der Waals surface area contributed by atoms with Crippen LogP contribution >= 0.6 is 0 Å². The number of aryl methyl sites for hydroxylation is 2. The topological polar surface area (TPSA) is 78.3 Å². The minimum absolute atomic E-state index is 0.143. The Bertz CT molecular complexity index is 1010. The van der Waals surface area contributed by atoms with Crippen molar-refractivity contribution in [2.45, 2.75) is 33.1 Å². The van der Waals surface area contributed by atoms with Gasteiger partial charge in [0.25, 0.3) is 5.91 Å². The van der Waals surface area contributed by atoms with Gasteiger partial charge in [0.1, 0.15) is 11.9 Å². The number of amides is 1. The summed E-state index contributed by atoms with van der Waals surface area (Å²) in [6.45, 7) is 4.73. The molecule has 28 heavy (non-hydrogen) atoms. The van der Waals surface area contributed by atoms with E-state index in [1.807, 2.05) is 56.3 Å². The Hall–Kier alpha value is -3.19. The van der Waals surface area contributed by atoms with E-state index in [0.717, 1.165) is 28.1 Å². The highest BCUT2D eigenvalue weighted by Gasteiger charge is 2.28. The Morgan fingerprint density at radius 2 is 2.00 bits per heavy atom. The third-order valence-corrected chi connectivity index (χ3v) is 4.94. The maximum Gasteiger partial charge on any atom is 0.278 e. The normalized spacial score (nSPS) is 15.8. The van der Waals surface area contributed by atoms with Gasteiger partial charge in [-0.25, -0.2) is 4.68 Å². The van der Waals surface area contributed by atoms with Crippen LogP contribution in [-0.2, 0) is 17.9 Å². The number of fused-ring (bicyclic) bond motifs is 1. The second kappa shape index (κ2) is 7.44. The summed E-state index contributed by atoms with van der Waals surface area (Å²) in [6, 6.07) is 13.7. The molecule has 1 atom stereocenters. The van der Waals surface area contributed by atoms with E-state index in [1.54, 1.807) is 11.8 Å². The smallest absolute Gasteiger partial charge is 0.278 e. The van der Waals surface area contributed by atoms with Crippen molar-refractivity contribution in [1.82, 2.24) is 15.0 Å². The summed E-state index contributed by atoms with van der Waals surface area (Å²) in [5.74, 6) is 0.521. The van der Waals surface area contributed by atoms with Crippen LogP contribution in [-0.4, -0.2) is 28.0 Å². The lowest BCUT2D eigenvalue weighted by Crippen LogP contribution is -2.24. The Kier molecular flexibility index (Phi) is 4.83. The highest BCUT2D eigenvalue weighted by molar-refractivity contribution is 6.04. The molecule has 0 spiro atoms. The first kappa shape index (κ1) is 18.2. The first-order valence-corrected chi connectivity index (χ1v) is 9.11. The van der Waals surface area contributed by atoms with Gasteiger partial charge in [-0.3, -0.25) is 4.79 Å². The first-order valence-electron chi connectivity index (χ1n) is 9.11. The second-order valence-corrected chi connectivity index (χ2v) is 6.91. The van der Waals surface area contributed by atoms with Crippen LogP contribution in [0.15, 0.2) is 42.5 Å². The van der Waals surface area contributed by atoms with Crippen molar-refractivity contribution in [2.75, 3.05) is 12.4 Å². The maximum absolute atomic E-state index is 12.7. The fourth-order valence-electron chi connectivity index (χ4n) is 3.26. The lowest BCUT2D eigenvalue weighted by atomic mass is 10.1. The molecule has 0 bridgehead atoms. The third-order valence-electron chi connectivity index (χ3n) is 4.94. The van der Waals surface area contributed by atoms with E-state index in [-0.39, 0.29) is 18.6 Å².